The summed E-state index contributed by atoms with van der Waals surface area (Å²) in [6.07, 6.45) is 6.14. The Labute approximate surface area is 226 Å². The van der Waals surface area contributed by atoms with E-state index in [0.717, 1.165) is 72.5 Å². The minimum atomic E-state index is -0.953. The average Bonchev–Trinajstić information content (AvgIpc) is 3.32. The van der Waals surface area contributed by atoms with Gasteiger partial charge in [-0.3, -0.25) is 0 Å². The number of nitrogens with zero attached hydrogens (tertiary/aromatic N) is 4. The monoisotopic (exact) mass is 544 g/mol. The van der Waals surface area contributed by atoms with Gasteiger partial charge in [0.15, 0.2) is 0 Å². The summed E-state index contributed by atoms with van der Waals surface area (Å²) in [5.74, 6) is 0.579. The van der Waals surface area contributed by atoms with Gasteiger partial charge in [0.1, 0.15) is 35.5 Å². The van der Waals surface area contributed by atoms with E-state index >= 15 is 0 Å². The number of pyridine rings is 1. The third-order valence-corrected chi connectivity index (χ3v) is 7.98. The van der Waals surface area contributed by atoms with Crippen molar-refractivity contribution in [1.29, 1.82) is 0 Å². The number of halogens is 1. The Bertz CT molecular complexity index is 1200. The van der Waals surface area contributed by atoms with Gasteiger partial charge in [-0.15, -0.1) is 11.3 Å². The summed E-state index contributed by atoms with van der Waals surface area (Å²) < 4.78 is 18.7. The number of aromatic nitrogens is 3. The number of anilines is 2. The molecule has 1 aliphatic rings. The van der Waals surface area contributed by atoms with Crippen LogP contribution in [0.15, 0.2) is 23.8 Å². The first-order valence-corrected chi connectivity index (χ1v) is 14.1. The number of carboxylic acid groups (broad SMARTS) is 1. The van der Waals surface area contributed by atoms with E-state index in [2.05, 4.69) is 37.6 Å². The van der Waals surface area contributed by atoms with Crippen LogP contribution in [0.5, 0.6) is 0 Å². The summed E-state index contributed by atoms with van der Waals surface area (Å²) in [6.45, 7) is 3.95. The van der Waals surface area contributed by atoms with E-state index in [1.807, 2.05) is 12.3 Å². The SMILES string of the molecule is CO[C@H](CF)CN(CCCCc1ccc2c(n1)NCCC2)CC[C@H](Nc1ncnc2scc(C)c12)C(=O)O. The number of fused-ring (bicyclic) bond motifs is 2. The molecule has 0 bridgehead atoms. The van der Waals surface area contributed by atoms with Crippen molar-refractivity contribution < 1.29 is 19.0 Å². The van der Waals surface area contributed by atoms with Crippen molar-refractivity contribution in [3.05, 3.63) is 40.7 Å². The number of aryl methyl sites for hydroxylation is 3. The van der Waals surface area contributed by atoms with Gasteiger partial charge in [0.25, 0.3) is 0 Å². The molecule has 4 rings (SSSR count). The molecular formula is C27H37FN6O3S. The summed E-state index contributed by atoms with van der Waals surface area (Å²) in [5.41, 5.74) is 3.36. The van der Waals surface area contributed by atoms with Gasteiger partial charge < -0.3 is 25.4 Å². The Morgan fingerprint density at radius 3 is 2.97 bits per heavy atom. The van der Waals surface area contributed by atoms with E-state index in [0.29, 0.717) is 25.3 Å². The van der Waals surface area contributed by atoms with E-state index in [1.165, 1.54) is 30.3 Å². The van der Waals surface area contributed by atoms with Gasteiger partial charge in [0.2, 0.25) is 0 Å². The molecule has 0 aromatic carbocycles. The highest BCUT2D eigenvalue weighted by Gasteiger charge is 2.22. The van der Waals surface area contributed by atoms with E-state index in [1.54, 1.807) is 0 Å². The Kier molecular flexibility index (Phi) is 10.2. The highest BCUT2D eigenvalue weighted by molar-refractivity contribution is 7.17. The van der Waals surface area contributed by atoms with Crippen molar-refractivity contribution in [3.8, 4) is 0 Å². The zero-order valence-electron chi connectivity index (χ0n) is 22.1. The molecular weight excluding hydrogens is 507 g/mol. The summed E-state index contributed by atoms with van der Waals surface area (Å²) in [4.78, 5) is 28.4. The standard InChI is InChI=1S/C27H37FN6O3S/c1-18-16-38-26-23(18)25(30-17-31-26)33-22(27(35)36)10-13-34(15-21(14-28)37-2)12-4-3-7-20-9-8-19-6-5-11-29-24(19)32-20/h8-9,16-17,21-22H,3-7,10-15H2,1-2H3,(H,29,32)(H,35,36)(H,30,31,33)/t21-,22+/m1/s1. The van der Waals surface area contributed by atoms with Crippen LogP contribution in [0.3, 0.4) is 0 Å². The summed E-state index contributed by atoms with van der Waals surface area (Å²) in [5, 5.41) is 19.2. The van der Waals surface area contributed by atoms with Gasteiger partial charge in [-0.2, -0.15) is 0 Å². The maximum absolute atomic E-state index is 13.5. The molecule has 206 valence electrons. The van der Waals surface area contributed by atoms with E-state index in [4.69, 9.17) is 9.72 Å². The average molecular weight is 545 g/mol. The van der Waals surface area contributed by atoms with Crippen LogP contribution in [0, 0.1) is 6.92 Å². The van der Waals surface area contributed by atoms with Crippen molar-refractivity contribution >= 4 is 39.2 Å². The zero-order valence-corrected chi connectivity index (χ0v) is 22.9. The second kappa shape index (κ2) is 13.8. The third-order valence-electron chi connectivity index (χ3n) is 6.97. The quantitative estimate of drug-likeness (QED) is 0.241. The minimum absolute atomic E-state index is 0.338. The second-order valence-electron chi connectivity index (χ2n) is 9.76. The Morgan fingerprint density at radius 1 is 1.32 bits per heavy atom. The number of ether oxygens (including phenoxy) is 1. The molecule has 11 heteroatoms. The minimum Gasteiger partial charge on any atom is -0.480 e. The normalized spacial score (nSPS) is 14.7. The van der Waals surface area contributed by atoms with Crippen LogP contribution in [-0.4, -0.2) is 83.0 Å². The molecule has 3 N–H and O–H groups in total. The first-order valence-electron chi connectivity index (χ1n) is 13.2. The number of alkyl halides is 1. The number of rotatable bonds is 15. The predicted octanol–water partition coefficient (Wildman–Crippen LogP) is 4.32. The molecule has 0 saturated heterocycles. The van der Waals surface area contributed by atoms with E-state index < -0.39 is 24.8 Å². The molecule has 0 spiro atoms. The molecule has 0 saturated carbocycles. The number of nitrogens with one attached hydrogen (secondary N) is 2. The molecule has 3 aromatic rings. The number of thiophene rings is 1. The summed E-state index contributed by atoms with van der Waals surface area (Å²) in [6, 6.07) is 3.44. The highest BCUT2D eigenvalue weighted by Crippen LogP contribution is 2.29. The van der Waals surface area contributed by atoms with Crippen LogP contribution >= 0.6 is 11.3 Å². The lowest BCUT2D eigenvalue weighted by Crippen LogP contribution is -2.39. The highest BCUT2D eigenvalue weighted by atomic mass is 32.1. The number of hydrogen-bond acceptors (Lipinski definition) is 9. The molecule has 4 heterocycles. The smallest absolute Gasteiger partial charge is 0.326 e. The van der Waals surface area contributed by atoms with Gasteiger partial charge >= 0.3 is 5.97 Å². The number of carbonyl (C=O) groups is 1. The molecule has 9 nitrogen and oxygen atoms in total. The molecule has 1 aliphatic heterocycles. The van der Waals surface area contributed by atoms with Crippen molar-refractivity contribution in [2.75, 3.05) is 50.6 Å². The van der Waals surface area contributed by atoms with Crippen molar-refractivity contribution in [3.63, 3.8) is 0 Å². The first-order chi connectivity index (χ1) is 18.5. The number of unbranched alkanes of at least 4 members (excludes halogenated alkanes) is 1. The van der Waals surface area contributed by atoms with Crippen molar-refractivity contribution in [2.24, 2.45) is 0 Å². The lowest BCUT2D eigenvalue weighted by Gasteiger charge is -2.27. The van der Waals surface area contributed by atoms with Crippen molar-refractivity contribution in [2.45, 2.75) is 57.6 Å². The summed E-state index contributed by atoms with van der Waals surface area (Å²) >= 11 is 1.51. The van der Waals surface area contributed by atoms with Gasteiger partial charge in [-0.1, -0.05) is 6.07 Å². The molecule has 0 radical (unpaired) electrons. The Hall–Kier alpha value is -2.89. The molecule has 3 aromatic heterocycles. The van der Waals surface area contributed by atoms with Gasteiger partial charge in [-0.25, -0.2) is 24.1 Å². The maximum atomic E-state index is 13.5. The predicted molar refractivity (Wildman–Crippen MR) is 149 cm³/mol. The van der Waals surface area contributed by atoms with Crippen LogP contribution in [0.4, 0.5) is 16.0 Å². The lowest BCUT2D eigenvalue weighted by molar-refractivity contribution is -0.138. The van der Waals surface area contributed by atoms with Gasteiger partial charge in [-0.05, 0) is 74.6 Å². The van der Waals surface area contributed by atoms with E-state index in [9.17, 15) is 14.3 Å². The van der Waals surface area contributed by atoms with Crippen LogP contribution < -0.4 is 10.6 Å². The van der Waals surface area contributed by atoms with Crippen molar-refractivity contribution in [1.82, 2.24) is 19.9 Å². The number of aliphatic carboxylic acids is 1. The van der Waals surface area contributed by atoms with Gasteiger partial charge in [0.05, 0.1) is 11.5 Å². The largest absolute Gasteiger partial charge is 0.480 e. The van der Waals surface area contributed by atoms with Gasteiger partial charge in [0, 0.05) is 32.4 Å². The fraction of sp³-hybridized carbons (Fsp3) is 0.556. The molecule has 0 amide bonds. The lowest BCUT2D eigenvalue weighted by atomic mass is 10.1. The zero-order chi connectivity index (χ0) is 26.9. The Balaban J connectivity index is 1.34. The first kappa shape index (κ1) is 28.1. The fourth-order valence-corrected chi connectivity index (χ4v) is 5.67. The molecule has 2 atom stereocenters. The molecule has 0 unspecified atom stereocenters. The van der Waals surface area contributed by atoms with Crippen LogP contribution in [0.2, 0.25) is 0 Å². The summed E-state index contributed by atoms with van der Waals surface area (Å²) in [7, 11) is 1.50. The fourth-order valence-electron chi connectivity index (χ4n) is 4.78. The van der Waals surface area contributed by atoms with Crippen LogP contribution in [-0.2, 0) is 22.4 Å². The van der Waals surface area contributed by atoms with E-state index in [-0.39, 0.29) is 0 Å². The molecule has 0 fully saturated rings. The molecule has 38 heavy (non-hydrogen) atoms. The Morgan fingerprint density at radius 2 is 2.18 bits per heavy atom. The topological polar surface area (TPSA) is 113 Å². The van der Waals surface area contributed by atoms with Crippen LogP contribution in [0.1, 0.15) is 42.5 Å². The second-order valence-corrected chi connectivity index (χ2v) is 10.6. The third kappa shape index (κ3) is 7.36. The van der Waals surface area contributed by atoms with Crippen LogP contribution in [0.25, 0.3) is 10.2 Å². The maximum Gasteiger partial charge on any atom is 0.326 e. The number of hydrogen-bond donors (Lipinski definition) is 3. The number of methoxy groups -OCH3 is 1. The number of carboxylic acids is 1. The molecule has 0 aliphatic carbocycles.